The Bertz CT molecular complexity index is 1600. The molecule has 11 N–H and O–H groups in total. The van der Waals surface area contributed by atoms with Gasteiger partial charge in [0.2, 0.25) is 0 Å². The van der Waals surface area contributed by atoms with Crippen molar-refractivity contribution in [1.29, 1.82) is 0 Å². The first-order valence-corrected chi connectivity index (χ1v) is 22.1. The number of aliphatic hydroxyl groups excluding tert-OH is 7. The lowest BCUT2D eigenvalue weighted by molar-refractivity contribution is -0.289. The average molecular weight is 892 g/mol. The highest BCUT2D eigenvalue weighted by Crippen LogP contribution is 2.38. The van der Waals surface area contributed by atoms with Crippen LogP contribution in [0.3, 0.4) is 0 Å². The van der Waals surface area contributed by atoms with Gasteiger partial charge in [0.05, 0.1) is 67.3 Å². The summed E-state index contributed by atoms with van der Waals surface area (Å²) in [7, 11) is 0. The van der Waals surface area contributed by atoms with Gasteiger partial charge in [-0.15, -0.1) is 0 Å². The van der Waals surface area contributed by atoms with Crippen LogP contribution < -0.4 is 5.73 Å². The van der Waals surface area contributed by atoms with Gasteiger partial charge >= 0.3 is 11.9 Å². The monoisotopic (exact) mass is 891 g/mol. The molecule has 2 bridgehead atoms. The fourth-order valence-electron chi connectivity index (χ4n) is 7.87. The molecule has 3 heterocycles. The van der Waals surface area contributed by atoms with E-state index in [2.05, 4.69) is 0 Å². The second kappa shape index (κ2) is 27.2. The van der Waals surface area contributed by atoms with E-state index in [1.165, 1.54) is 0 Å². The van der Waals surface area contributed by atoms with Crippen molar-refractivity contribution in [3.05, 3.63) is 85.1 Å². The normalized spacial score (nSPS) is 44.2. The highest BCUT2D eigenvalue weighted by Gasteiger charge is 2.46. The van der Waals surface area contributed by atoms with Crippen molar-refractivity contribution in [1.82, 2.24) is 0 Å². The summed E-state index contributed by atoms with van der Waals surface area (Å²) in [5.41, 5.74) is 6.14. The summed E-state index contributed by atoms with van der Waals surface area (Å²) >= 11 is 0. The molecule has 3 aliphatic rings. The van der Waals surface area contributed by atoms with E-state index in [-0.39, 0.29) is 57.0 Å². The van der Waals surface area contributed by atoms with Crippen LogP contribution >= 0.6 is 0 Å². The number of cyclic esters (lactones) is 1. The van der Waals surface area contributed by atoms with Crippen molar-refractivity contribution in [2.75, 3.05) is 0 Å². The smallest absolute Gasteiger partial charge is 0.309 e. The van der Waals surface area contributed by atoms with Crippen LogP contribution in [0.25, 0.3) is 0 Å². The van der Waals surface area contributed by atoms with Crippen molar-refractivity contribution >= 4 is 11.9 Å². The van der Waals surface area contributed by atoms with Crippen molar-refractivity contribution in [2.24, 2.45) is 23.5 Å². The molecule has 63 heavy (non-hydrogen) atoms. The number of hydrogen-bond donors (Lipinski definition) is 10. The molecular formula is C47H73NO15. The standard InChI is InChI=1S/C47H73NO15/c1-29-17-15-13-11-9-7-5-6-8-10-12-14-16-18-36(62-46-44(56)38(48)23-30(2)60-46)27-41-37(45(57)58)21-22-47(59,63-41)28-35(51)25-40(53)39(52)20-19-33(49)24-34(50)26-42(54)61-32(4)31(3)43(29)55/h5-18,29-41,43-44,46,49-53,55-56,59H,19-28,48H2,1-4H3,(H,57,58)/b6-5+,9-7+,10-8+,13-11+,14-12+,17-15+,18-16+/t29-,30?,31-,32-,33+,34+,35-,36-,37+,38?,39+,40+,41-,43+,44?,46?,47-/m0/s1. The van der Waals surface area contributed by atoms with Gasteiger partial charge in [-0.05, 0) is 46.0 Å². The third kappa shape index (κ3) is 19.3. The number of allylic oxidation sites excluding steroid dienone is 12. The Hall–Kier alpha value is -3.36. The molecule has 0 aliphatic carbocycles. The number of hydrogen-bond acceptors (Lipinski definition) is 15. The van der Waals surface area contributed by atoms with E-state index in [4.69, 9.17) is 24.7 Å². The van der Waals surface area contributed by atoms with Gasteiger partial charge in [0, 0.05) is 43.6 Å². The summed E-state index contributed by atoms with van der Waals surface area (Å²) in [6, 6.07) is -0.627. The minimum atomic E-state index is -2.01. The number of fused-ring (bicyclic) bond motifs is 2. The zero-order valence-corrected chi connectivity index (χ0v) is 36.9. The van der Waals surface area contributed by atoms with E-state index in [0.29, 0.717) is 6.42 Å². The van der Waals surface area contributed by atoms with E-state index in [1.807, 2.05) is 61.6 Å². The van der Waals surface area contributed by atoms with Crippen LogP contribution in [-0.2, 0) is 28.5 Å². The summed E-state index contributed by atoms with van der Waals surface area (Å²) < 4.78 is 23.5. The molecule has 2 saturated heterocycles. The van der Waals surface area contributed by atoms with Crippen molar-refractivity contribution in [2.45, 2.75) is 177 Å². The van der Waals surface area contributed by atoms with Crippen molar-refractivity contribution < 1.29 is 74.5 Å². The lowest BCUT2D eigenvalue weighted by Crippen LogP contribution is -2.54. The van der Waals surface area contributed by atoms with Crippen LogP contribution in [0, 0.1) is 17.8 Å². The molecule has 0 radical (unpaired) electrons. The molecule has 0 aromatic rings. The number of esters is 1. The van der Waals surface area contributed by atoms with Gasteiger partial charge < -0.3 is 70.6 Å². The minimum Gasteiger partial charge on any atom is -0.481 e. The second-order valence-electron chi connectivity index (χ2n) is 17.4. The number of carbonyl (C=O) groups excluding carboxylic acids is 1. The average Bonchev–Trinajstić information content (AvgIpc) is 3.20. The molecular weight excluding hydrogens is 819 g/mol. The lowest BCUT2D eigenvalue weighted by Gasteiger charge is -2.43. The molecule has 4 unspecified atom stereocenters. The molecule has 0 spiro atoms. The van der Waals surface area contributed by atoms with E-state index in [9.17, 15) is 55.5 Å². The van der Waals surface area contributed by atoms with Gasteiger partial charge in [-0.3, -0.25) is 9.59 Å². The fourth-order valence-corrected chi connectivity index (χ4v) is 7.87. The quantitative estimate of drug-likeness (QED) is 0.182. The Labute approximate surface area is 371 Å². The maximum atomic E-state index is 12.6. The van der Waals surface area contributed by atoms with Gasteiger partial charge in [-0.2, -0.15) is 0 Å². The predicted octanol–water partition coefficient (Wildman–Crippen LogP) is 2.77. The lowest BCUT2D eigenvalue weighted by atomic mass is 9.85. The Morgan fingerprint density at radius 3 is 1.90 bits per heavy atom. The van der Waals surface area contributed by atoms with E-state index in [1.54, 1.807) is 51.2 Å². The maximum Gasteiger partial charge on any atom is 0.309 e. The number of aliphatic carboxylic acids is 1. The van der Waals surface area contributed by atoms with Crippen LogP contribution in [0.15, 0.2) is 85.1 Å². The molecule has 0 aromatic carbocycles. The summed E-state index contributed by atoms with van der Waals surface area (Å²) in [6.45, 7) is 7.05. The second-order valence-corrected chi connectivity index (χ2v) is 17.4. The third-order valence-corrected chi connectivity index (χ3v) is 11.8. The van der Waals surface area contributed by atoms with Crippen molar-refractivity contribution in [3.63, 3.8) is 0 Å². The Kier molecular flexibility index (Phi) is 23.3. The molecule has 2 fully saturated rings. The highest BCUT2D eigenvalue weighted by molar-refractivity contribution is 5.71. The molecule has 3 aliphatic heterocycles. The molecule has 16 heteroatoms. The summed E-state index contributed by atoms with van der Waals surface area (Å²) in [4.78, 5) is 25.0. The topological polar surface area (TPSA) is 279 Å². The van der Waals surface area contributed by atoms with Crippen LogP contribution in [-0.4, -0.2) is 143 Å². The zero-order chi connectivity index (χ0) is 46.7. The molecule has 0 saturated carbocycles. The number of carboxylic acids is 1. The third-order valence-electron chi connectivity index (χ3n) is 11.8. The van der Waals surface area contributed by atoms with E-state index < -0.39 is 116 Å². The minimum absolute atomic E-state index is 0.0158. The Morgan fingerprint density at radius 1 is 0.714 bits per heavy atom. The van der Waals surface area contributed by atoms with Gasteiger partial charge in [0.1, 0.15) is 12.2 Å². The highest BCUT2D eigenvalue weighted by atomic mass is 16.7. The fraction of sp³-hybridized carbons (Fsp3) is 0.660. The summed E-state index contributed by atoms with van der Waals surface area (Å²) in [6.07, 6.45) is 10.7. The van der Waals surface area contributed by atoms with E-state index >= 15 is 0 Å². The van der Waals surface area contributed by atoms with E-state index in [0.717, 1.165) is 0 Å². The van der Waals surface area contributed by atoms with Gasteiger partial charge in [-0.1, -0.05) is 98.9 Å². The summed E-state index contributed by atoms with van der Waals surface area (Å²) in [5.74, 6) is -5.64. The predicted molar refractivity (Wildman–Crippen MR) is 234 cm³/mol. The summed E-state index contributed by atoms with van der Waals surface area (Å²) in [5, 5.41) is 96.7. The molecule has 356 valence electrons. The number of rotatable bonds is 3. The number of nitrogens with two attached hydrogens (primary N) is 1. The van der Waals surface area contributed by atoms with Gasteiger partial charge in [-0.25, -0.2) is 0 Å². The number of ether oxygens (including phenoxy) is 4. The first-order chi connectivity index (χ1) is 29.8. The molecule has 0 aromatic heterocycles. The first-order valence-electron chi connectivity index (χ1n) is 22.1. The molecule has 3 rings (SSSR count). The Morgan fingerprint density at radius 2 is 1.30 bits per heavy atom. The van der Waals surface area contributed by atoms with Crippen LogP contribution in [0.1, 0.15) is 91.9 Å². The number of carbonyl (C=O) groups is 2. The molecule has 0 amide bonds. The molecule has 16 nitrogen and oxygen atoms in total. The van der Waals surface area contributed by atoms with Gasteiger partial charge in [0.25, 0.3) is 0 Å². The number of aliphatic hydroxyl groups is 8. The van der Waals surface area contributed by atoms with Gasteiger partial charge in [0.15, 0.2) is 12.1 Å². The van der Waals surface area contributed by atoms with Crippen LogP contribution in [0.4, 0.5) is 0 Å². The zero-order valence-electron chi connectivity index (χ0n) is 36.9. The first kappa shape index (κ1) is 54.0. The van der Waals surface area contributed by atoms with Crippen LogP contribution in [0.2, 0.25) is 0 Å². The van der Waals surface area contributed by atoms with Crippen molar-refractivity contribution in [3.8, 4) is 0 Å². The maximum absolute atomic E-state index is 12.6. The SMILES string of the molecule is CC1CC(N)C(O)C(O[C@H]2/C=C/C=C/C=C/C=C/C=C/C=C/C=C/[C@H](C)[C@@H](O)[C@@H](C)[C@H](C)OC(=O)C[C@H](O)C[C@H](O)CC[C@@H](O)[C@H](O)C[C@H](O)C[C@]3(O)CC[C@@H](C(=O)O)[C@H](C2)O3)O1. The van der Waals surface area contributed by atoms with Crippen LogP contribution in [0.5, 0.6) is 0 Å². The molecule has 17 atom stereocenters. The Balaban J connectivity index is 1.82. The largest absolute Gasteiger partial charge is 0.481 e. The number of carboxylic acid groups (broad SMARTS) is 1.